The molecule has 0 bridgehead atoms. The van der Waals surface area contributed by atoms with E-state index in [4.69, 9.17) is 11.7 Å². The molecule has 0 aromatic carbocycles. The van der Waals surface area contributed by atoms with Crippen molar-refractivity contribution in [3.05, 3.63) is 11.4 Å². The third kappa shape index (κ3) is 5.06. The van der Waals surface area contributed by atoms with Crippen molar-refractivity contribution in [2.45, 2.75) is 6.42 Å². The quantitative estimate of drug-likeness (QED) is 0.338. The molecule has 0 fully saturated rings. The van der Waals surface area contributed by atoms with Crippen LogP contribution in [0.5, 0.6) is 0 Å². The summed E-state index contributed by atoms with van der Waals surface area (Å²) in [6.07, 6.45) is 0.537. The second-order valence-corrected chi connectivity index (χ2v) is 1.61. The fourth-order valence-corrected chi connectivity index (χ4v) is 0.375. The second-order valence-electron chi connectivity index (χ2n) is 1.61. The van der Waals surface area contributed by atoms with Crippen LogP contribution in [0.15, 0.2) is 0 Å². The summed E-state index contributed by atoms with van der Waals surface area (Å²) >= 11 is 0. The highest BCUT2D eigenvalue weighted by molar-refractivity contribution is 5.70. The Hall–Kier alpha value is -1.08. The molecular weight excluding hydrogens is 134 g/mol. The Labute approximate surface area is 59.2 Å². The van der Waals surface area contributed by atoms with Crippen molar-refractivity contribution < 1.29 is 14.6 Å². The minimum atomic E-state index is -0.634. The maximum atomic E-state index is 10.2. The molecular formula is C6H9NO3. The summed E-state index contributed by atoms with van der Waals surface area (Å²) in [6, 6.07) is 0. The monoisotopic (exact) mass is 143 g/mol. The van der Waals surface area contributed by atoms with Crippen LogP contribution >= 0.6 is 0 Å². The number of nitrogens with zero attached hydrogens (tertiary/aromatic N) is 1. The van der Waals surface area contributed by atoms with E-state index in [0.29, 0.717) is 13.0 Å². The summed E-state index contributed by atoms with van der Waals surface area (Å²) < 4.78 is 4.46. The Morgan fingerprint density at radius 2 is 2.40 bits per heavy atom. The normalized spacial score (nSPS) is 8.40. The Morgan fingerprint density at radius 1 is 1.70 bits per heavy atom. The predicted molar refractivity (Wildman–Crippen MR) is 34.1 cm³/mol. The lowest BCUT2D eigenvalue weighted by atomic mass is 10.5. The maximum absolute atomic E-state index is 10.2. The third-order valence-corrected chi connectivity index (χ3v) is 0.806. The molecule has 0 unspecified atom stereocenters. The van der Waals surface area contributed by atoms with Gasteiger partial charge < -0.3 is 14.7 Å². The number of hydrogen-bond acceptors (Lipinski definition) is 3. The molecule has 4 nitrogen and oxygen atoms in total. The lowest BCUT2D eigenvalue weighted by molar-refractivity contribution is -0.146. The SMILES string of the molecule is [C-]#[N+]CCCOC(=O)CO. The largest absolute Gasteiger partial charge is 0.464 e. The van der Waals surface area contributed by atoms with Gasteiger partial charge in [0, 0.05) is 0 Å². The fraction of sp³-hybridized carbons (Fsp3) is 0.667. The minimum absolute atomic E-state index is 0.224. The number of carbonyl (C=O) groups excluding carboxylic acids is 1. The molecule has 0 saturated heterocycles. The number of aliphatic hydroxyl groups excluding tert-OH is 1. The van der Waals surface area contributed by atoms with Crippen LogP contribution in [0.1, 0.15) is 6.42 Å². The van der Waals surface area contributed by atoms with Crippen molar-refractivity contribution in [3.63, 3.8) is 0 Å². The lowest BCUT2D eigenvalue weighted by Crippen LogP contribution is -2.10. The molecule has 0 aromatic heterocycles. The highest BCUT2D eigenvalue weighted by atomic mass is 16.5. The van der Waals surface area contributed by atoms with E-state index in [1.165, 1.54) is 0 Å². The summed E-state index contributed by atoms with van der Waals surface area (Å²) in [5.41, 5.74) is 0. The zero-order valence-electron chi connectivity index (χ0n) is 5.54. The Bertz CT molecular complexity index is 138. The van der Waals surface area contributed by atoms with E-state index in [1.807, 2.05) is 0 Å². The Kier molecular flexibility index (Phi) is 5.39. The van der Waals surface area contributed by atoms with Gasteiger partial charge in [-0.2, -0.15) is 0 Å². The van der Waals surface area contributed by atoms with Crippen LogP contribution in [0.2, 0.25) is 0 Å². The van der Waals surface area contributed by atoms with Crippen molar-refractivity contribution in [2.24, 2.45) is 0 Å². The van der Waals surface area contributed by atoms with E-state index in [1.54, 1.807) is 0 Å². The number of ether oxygens (including phenoxy) is 1. The first-order valence-corrected chi connectivity index (χ1v) is 2.91. The smallest absolute Gasteiger partial charge is 0.331 e. The van der Waals surface area contributed by atoms with Gasteiger partial charge in [-0.3, -0.25) is 0 Å². The topological polar surface area (TPSA) is 50.9 Å². The summed E-state index contributed by atoms with van der Waals surface area (Å²) in [4.78, 5) is 13.3. The van der Waals surface area contributed by atoms with Crippen molar-refractivity contribution in [2.75, 3.05) is 19.8 Å². The molecule has 0 rings (SSSR count). The number of aliphatic hydroxyl groups is 1. The number of carbonyl (C=O) groups is 1. The van der Waals surface area contributed by atoms with Crippen molar-refractivity contribution in [1.29, 1.82) is 0 Å². The van der Waals surface area contributed by atoms with Crippen LogP contribution in [-0.2, 0) is 9.53 Å². The van der Waals surface area contributed by atoms with Gasteiger partial charge in [0.25, 0.3) is 0 Å². The van der Waals surface area contributed by atoms with Crippen LogP contribution in [0.25, 0.3) is 4.85 Å². The average molecular weight is 143 g/mol. The summed E-state index contributed by atoms with van der Waals surface area (Å²) in [6.45, 7) is 6.37. The second kappa shape index (κ2) is 6.05. The standard InChI is InChI=1S/C6H9NO3/c1-7-3-2-4-10-6(9)5-8/h8H,2-5H2. The zero-order valence-corrected chi connectivity index (χ0v) is 5.54. The molecule has 0 heterocycles. The van der Waals surface area contributed by atoms with Gasteiger partial charge in [0.15, 0.2) is 0 Å². The van der Waals surface area contributed by atoms with Crippen LogP contribution < -0.4 is 0 Å². The van der Waals surface area contributed by atoms with Gasteiger partial charge in [0.2, 0.25) is 6.54 Å². The first-order chi connectivity index (χ1) is 4.81. The van der Waals surface area contributed by atoms with Crippen LogP contribution in [0, 0.1) is 6.57 Å². The van der Waals surface area contributed by atoms with Gasteiger partial charge in [0.1, 0.15) is 6.61 Å². The summed E-state index contributed by atoms with van der Waals surface area (Å²) in [5, 5.41) is 8.16. The van der Waals surface area contributed by atoms with Crippen LogP contribution in [0.4, 0.5) is 0 Å². The van der Waals surface area contributed by atoms with E-state index >= 15 is 0 Å². The van der Waals surface area contributed by atoms with Gasteiger partial charge in [-0.25, -0.2) is 11.4 Å². The van der Waals surface area contributed by atoms with Crippen molar-refractivity contribution in [1.82, 2.24) is 0 Å². The molecule has 0 radical (unpaired) electrons. The molecule has 4 heteroatoms. The molecule has 0 aliphatic heterocycles. The van der Waals surface area contributed by atoms with Gasteiger partial charge in [-0.05, 0) is 0 Å². The molecule has 0 atom stereocenters. The van der Waals surface area contributed by atoms with Gasteiger partial charge in [-0.15, -0.1) is 0 Å². The molecule has 0 saturated carbocycles. The molecule has 1 N–H and O–H groups in total. The first-order valence-electron chi connectivity index (χ1n) is 2.91. The highest BCUT2D eigenvalue weighted by Crippen LogP contribution is 1.83. The van der Waals surface area contributed by atoms with E-state index < -0.39 is 12.6 Å². The zero-order chi connectivity index (χ0) is 7.82. The van der Waals surface area contributed by atoms with Crippen LogP contribution in [-0.4, -0.2) is 30.8 Å². The molecule has 0 aliphatic carbocycles. The highest BCUT2D eigenvalue weighted by Gasteiger charge is 1.97. The fourth-order valence-electron chi connectivity index (χ4n) is 0.375. The third-order valence-electron chi connectivity index (χ3n) is 0.806. The summed E-state index contributed by atoms with van der Waals surface area (Å²) in [7, 11) is 0. The van der Waals surface area contributed by atoms with E-state index in [9.17, 15) is 4.79 Å². The van der Waals surface area contributed by atoms with E-state index in [2.05, 4.69) is 9.58 Å². The van der Waals surface area contributed by atoms with Gasteiger partial charge >= 0.3 is 5.97 Å². The van der Waals surface area contributed by atoms with Crippen LogP contribution in [0.3, 0.4) is 0 Å². The summed E-state index contributed by atoms with van der Waals surface area (Å²) in [5.74, 6) is -0.634. The van der Waals surface area contributed by atoms with Crippen molar-refractivity contribution >= 4 is 5.97 Å². The number of rotatable bonds is 4. The predicted octanol–water partition coefficient (Wildman–Crippen LogP) is -0.169. The lowest BCUT2D eigenvalue weighted by Gasteiger charge is -1.97. The van der Waals surface area contributed by atoms with E-state index in [0.717, 1.165) is 0 Å². The molecule has 0 aliphatic rings. The molecule has 0 amide bonds. The Morgan fingerprint density at radius 3 is 2.90 bits per heavy atom. The molecule has 10 heavy (non-hydrogen) atoms. The minimum Gasteiger partial charge on any atom is -0.464 e. The molecule has 0 spiro atoms. The van der Waals surface area contributed by atoms with E-state index in [-0.39, 0.29) is 6.61 Å². The number of hydrogen-bond donors (Lipinski definition) is 1. The Balaban J connectivity index is 3.05. The average Bonchev–Trinajstić information content (AvgIpc) is 1.98. The molecule has 56 valence electrons. The first kappa shape index (κ1) is 8.92. The van der Waals surface area contributed by atoms with Crippen molar-refractivity contribution in [3.8, 4) is 0 Å². The maximum Gasteiger partial charge on any atom is 0.331 e. The number of esters is 1. The van der Waals surface area contributed by atoms with Gasteiger partial charge in [-0.1, -0.05) is 0 Å². The molecule has 0 aromatic rings. The van der Waals surface area contributed by atoms with Gasteiger partial charge in [0.05, 0.1) is 13.0 Å².